The summed E-state index contributed by atoms with van der Waals surface area (Å²) < 4.78 is 11.4. The molecule has 1 aromatic heterocycles. The molecular weight excluding hydrogens is 544 g/mol. The third kappa shape index (κ3) is 6.52. The second-order valence-electron chi connectivity index (χ2n) is 10.6. The zero-order valence-electron chi connectivity index (χ0n) is 23.2. The van der Waals surface area contributed by atoms with Gasteiger partial charge in [0.2, 0.25) is 5.91 Å². The molecule has 1 aliphatic heterocycles. The molecule has 11 heteroatoms. The van der Waals surface area contributed by atoms with Crippen molar-refractivity contribution in [2.75, 3.05) is 46.9 Å². The molecular formula is C30H34N4O6S. The molecule has 2 amide bonds. The van der Waals surface area contributed by atoms with Crippen LogP contribution >= 0.6 is 11.3 Å². The van der Waals surface area contributed by atoms with Crippen LogP contribution in [0.5, 0.6) is 11.5 Å². The summed E-state index contributed by atoms with van der Waals surface area (Å²) in [6.07, 6.45) is 0.567. The maximum absolute atomic E-state index is 13.3. The molecule has 2 aliphatic rings. The lowest BCUT2D eigenvalue weighted by Crippen LogP contribution is -2.48. The first-order chi connectivity index (χ1) is 19.8. The van der Waals surface area contributed by atoms with Gasteiger partial charge in [-0.25, -0.2) is 4.98 Å². The van der Waals surface area contributed by atoms with Crippen LogP contribution in [0.3, 0.4) is 0 Å². The predicted octanol–water partition coefficient (Wildman–Crippen LogP) is 2.85. The van der Waals surface area contributed by atoms with Crippen LogP contribution in [0.1, 0.15) is 22.6 Å². The van der Waals surface area contributed by atoms with Crippen molar-refractivity contribution in [3.05, 3.63) is 64.0 Å². The molecule has 2 heterocycles. The minimum atomic E-state index is -1.01. The van der Waals surface area contributed by atoms with Crippen LogP contribution < -0.4 is 14.8 Å². The third-order valence-corrected chi connectivity index (χ3v) is 8.62. The van der Waals surface area contributed by atoms with Gasteiger partial charge in [-0.1, -0.05) is 24.3 Å². The van der Waals surface area contributed by atoms with Gasteiger partial charge in [-0.05, 0) is 43.1 Å². The number of benzene rings is 2. The number of nitrogens with zero attached hydrogens (tertiary/aromatic N) is 3. The quantitative estimate of drug-likeness (QED) is 0.377. The highest BCUT2D eigenvalue weighted by Gasteiger charge is 2.45. The van der Waals surface area contributed by atoms with Crippen molar-refractivity contribution < 1.29 is 29.0 Å². The molecule has 0 saturated carbocycles. The lowest BCUT2D eigenvalue weighted by Gasteiger charge is -2.32. The van der Waals surface area contributed by atoms with Crippen molar-refractivity contribution in [2.45, 2.75) is 25.8 Å². The number of ether oxygens (including phenoxy) is 2. The molecule has 2 aromatic carbocycles. The van der Waals surface area contributed by atoms with E-state index in [2.05, 4.69) is 15.2 Å². The minimum absolute atomic E-state index is 0.0405. The maximum Gasteiger partial charge on any atom is 0.304 e. The van der Waals surface area contributed by atoms with E-state index in [1.165, 1.54) is 11.3 Å². The first kappa shape index (κ1) is 28.6. The number of carboxylic acid groups (broad SMARTS) is 1. The van der Waals surface area contributed by atoms with E-state index in [1.54, 1.807) is 19.2 Å². The molecule has 0 atom stereocenters. The van der Waals surface area contributed by atoms with Crippen LogP contribution in [-0.4, -0.2) is 84.6 Å². The topological polar surface area (TPSA) is 121 Å². The molecule has 5 rings (SSSR count). The number of amides is 2. The van der Waals surface area contributed by atoms with Gasteiger partial charge in [0.1, 0.15) is 16.5 Å². The fourth-order valence-corrected chi connectivity index (χ4v) is 6.21. The zero-order valence-corrected chi connectivity index (χ0v) is 24.0. The molecule has 3 aromatic rings. The standard InChI is InChI=1S/C30H34N4O6S/c1-33-9-11-34(12-10-33)27(35)18-40-22-7-8-23(25(13-22)39-2)24-19-41-26(32-24)17-31-29(38)30(16-28(36)37)14-20-5-3-4-6-21(20)15-30/h3-8,13,19H,9-12,14-18H2,1-2H3,(H,31,38)(H,36,37). The Balaban J connectivity index is 1.21. The summed E-state index contributed by atoms with van der Waals surface area (Å²) in [5.74, 6) is -0.235. The Labute approximate surface area is 242 Å². The molecule has 216 valence electrons. The molecule has 0 radical (unpaired) electrons. The smallest absolute Gasteiger partial charge is 0.304 e. The highest BCUT2D eigenvalue weighted by Crippen LogP contribution is 2.40. The molecule has 0 spiro atoms. The zero-order chi connectivity index (χ0) is 29.0. The Bertz CT molecular complexity index is 1410. The number of nitrogens with one attached hydrogen (secondary N) is 1. The summed E-state index contributed by atoms with van der Waals surface area (Å²) in [6.45, 7) is 3.25. The molecule has 10 nitrogen and oxygen atoms in total. The number of carbonyl (C=O) groups is 3. The second-order valence-corrected chi connectivity index (χ2v) is 11.6. The van der Waals surface area contributed by atoms with Gasteiger partial charge in [-0.3, -0.25) is 14.4 Å². The molecule has 2 N–H and O–H groups in total. The molecule has 1 saturated heterocycles. The van der Waals surface area contributed by atoms with Crippen molar-refractivity contribution in [1.82, 2.24) is 20.1 Å². The Morgan fingerprint density at radius 3 is 2.44 bits per heavy atom. The number of rotatable bonds is 10. The van der Waals surface area contributed by atoms with Crippen LogP contribution in [0.25, 0.3) is 11.3 Å². The summed E-state index contributed by atoms with van der Waals surface area (Å²) in [7, 11) is 3.60. The predicted molar refractivity (Wildman–Crippen MR) is 154 cm³/mol. The van der Waals surface area contributed by atoms with Crippen molar-refractivity contribution in [2.24, 2.45) is 5.41 Å². The summed E-state index contributed by atoms with van der Waals surface area (Å²) in [5, 5.41) is 15.1. The van der Waals surface area contributed by atoms with E-state index in [0.29, 0.717) is 48.1 Å². The van der Waals surface area contributed by atoms with Gasteiger partial charge < -0.3 is 29.7 Å². The maximum atomic E-state index is 13.3. The summed E-state index contributed by atoms with van der Waals surface area (Å²) in [4.78, 5) is 46.2. The number of piperazine rings is 1. The Hall–Kier alpha value is -3.96. The lowest BCUT2D eigenvalue weighted by molar-refractivity contribution is -0.145. The molecule has 0 unspecified atom stereocenters. The number of methoxy groups -OCH3 is 1. The number of likely N-dealkylation sites (N-methyl/N-ethyl adjacent to an activating group) is 1. The van der Waals surface area contributed by atoms with E-state index in [9.17, 15) is 19.5 Å². The third-order valence-electron chi connectivity index (χ3n) is 7.77. The average Bonchev–Trinajstić information content (AvgIpc) is 3.59. The van der Waals surface area contributed by atoms with Crippen molar-refractivity contribution in [3.63, 3.8) is 0 Å². The van der Waals surface area contributed by atoms with E-state index in [0.717, 1.165) is 29.8 Å². The van der Waals surface area contributed by atoms with E-state index in [1.807, 2.05) is 47.7 Å². The van der Waals surface area contributed by atoms with Crippen LogP contribution in [-0.2, 0) is 33.8 Å². The van der Waals surface area contributed by atoms with Gasteiger partial charge >= 0.3 is 5.97 Å². The number of thiazole rings is 1. The monoisotopic (exact) mass is 578 g/mol. The minimum Gasteiger partial charge on any atom is -0.496 e. The fourth-order valence-electron chi connectivity index (χ4n) is 5.47. The normalized spacial score (nSPS) is 16.2. The Morgan fingerprint density at radius 2 is 1.78 bits per heavy atom. The molecule has 1 aliphatic carbocycles. The van der Waals surface area contributed by atoms with E-state index < -0.39 is 11.4 Å². The number of hydrogen-bond acceptors (Lipinski definition) is 8. The van der Waals surface area contributed by atoms with Gasteiger partial charge in [0.25, 0.3) is 5.91 Å². The van der Waals surface area contributed by atoms with Gasteiger partial charge in [0.05, 0.1) is 31.2 Å². The van der Waals surface area contributed by atoms with Crippen molar-refractivity contribution in [1.29, 1.82) is 0 Å². The van der Waals surface area contributed by atoms with Crippen LogP contribution in [0.4, 0.5) is 0 Å². The summed E-state index contributed by atoms with van der Waals surface area (Å²) >= 11 is 1.40. The lowest BCUT2D eigenvalue weighted by atomic mass is 9.80. The van der Waals surface area contributed by atoms with Crippen molar-refractivity contribution in [3.8, 4) is 22.8 Å². The van der Waals surface area contributed by atoms with E-state index in [-0.39, 0.29) is 31.4 Å². The van der Waals surface area contributed by atoms with Gasteiger partial charge in [-0.2, -0.15) is 0 Å². The van der Waals surface area contributed by atoms with Crippen LogP contribution in [0.15, 0.2) is 47.8 Å². The first-order valence-corrected chi connectivity index (χ1v) is 14.4. The highest BCUT2D eigenvalue weighted by molar-refractivity contribution is 7.09. The molecule has 0 bridgehead atoms. The van der Waals surface area contributed by atoms with Crippen molar-refractivity contribution >= 4 is 29.1 Å². The van der Waals surface area contributed by atoms with E-state index >= 15 is 0 Å². The summed E-state index contributed by atoms with van der Waals surface area (Å²) in [6, 6.07) is 13.1. The number of aromatic nitrogens is 1. The number of hydrogen-bond donors (Lipinski definition) is 2. The van der Waals surface area contributed by atoms with Gasteiger partial charge in [0, 0.05) is 43.2 Å². The fraction of sp³-hybridized carbons (Fsp3) is 0.400. The molecule has 41 heavy (non-hydrogen) atoms. The highest BCUT2D eigenvalue weighted by atomic mass is 32.1. The molecule has 1 fully saturated rings. The first-order valence-electron chi connectivity index (χ1n) is 13.5. The number of aliphatic carboxylic acids is 1. The largest absolute Gasteiger partial charge is 0.496 e. The Morgan fingerprint density at radius 1 is 1.07 bits per heavy atom. The Kier molecular flexibility index (Phi) is 8.55. The van der Waals surface area contributed by atoms with Crippen LogP contribution in [0.2, 0.25) is 0 Å². The van der Waals surface area contributed by atoms with E-state index in [4.69, 9.17) is 9.47 Å². The SMILES string of the molecule is COc1cc(OCC(=O)N2CCN(C)CC2)ccc1-c1csc(CNC(=O)C2(CC(=O)O)Cc3ccccc3C2)n1. The van der Waals surface area contributed by atoms with Gasteiger partial charge in [-0.15, -0.1) is 11.3 Å². The average molecular weight is 579 g/mol. The van der Waals surface area contributed by atoms with Gasteiger partial charge in [0.15, 0.2) is 6.61 Å². The number of carbonyl (C=O) groups excluding carboxylic acids is 2. The van der Waals surface area contributed by atoms with Crippen LogP contribution in [0, 0.1) is 5.41 Å². The summed E-state index contributed by atoms with van der Waals surface area (Å²) in [5.41, 5.74) is 2.46. The number of fused-ring (bicyclic) bond motifs is 1. The number of carboxylic acids is 1. The second kappa shape index (κ2) is 12.3.